The molecule has 0 heterocycles. The number of hydrogen-bond donors (Lipinski definition) is 1. The summed E-state index contributed by atoms with van der Waals surface area (Å²) in [5.41, 5.74) is 4.75. The SMILES string of the molecule is Cc1ccccc1N(C)Cc1cccc(C#CCCO)c1. The summed E-state index contributed by atoms with van der Waals surface area (Å²) in [6, 6.07) is 16.7. The van der Waals surface area contributed by atoms with E-state index in [1.165, 1.54) is 16.8 Å². The quantitative estimate of drug-likeness (QED) is 0.867. The van der Waals surface area contributed by atoms with Crippen molar-refractivity contribution in [2.75, 3.05) is 18.6 Å². The van der Waals surface area contributed by atoms with Crippen molar-refractivity contribution in [2.45, 2.75) is 19.9 Å². The van der Waals surface area contributed by atoms with Crippen molar-refractivity contribution in [1.82, 2.24) is 0 Å². The molecule has 0 atom stereocenters. The lowest BCUT2D eigenvalue weighted by atomic mass is 10.1. The van der Waals surface area contributed by atoms with Gasteiger partial charge in [-0.25, -0.2) is 0 Å². The van der Waals surface area contributed by atoms with Crippen LogP contribution in [0.25, 0.3) is 0 Å². The van der Waals surface area contributed by atoms with Gasteiger partial charge in [0.1, 0.15) is 0 Å². The molecule has 1 N–H and O–H groups in total. The molecule has 0 amide bonds. The largest absolute Gasteiger partial charge is 0.395 e. The highest BCUT2D eigenvalue weighted by molar-refractivity contribution is 5.53. The Bertz CT molecular complexity index is 652. The molecule has 2 rings (SSSR count). The highest BCUT2D eigenvalue weighted by Crippen LogP contribution is 2.20. The summed E-state index contributed by atoms with van der Waals surface area (Å²) in [6.45, 7) is 3.09. The Hall–Kier alpha value is -2.24. The van der Waals surface area contributed by atoms with Gasteiger partial charge in [0.05, 0.1) is 6.61 Å². The zero-order valence-electron chi connectivity index (χ0n) is 12.6. The minimum absolute atomic E-state index is 0.114. The monoisotopic (exact) mass is 279 g/mol. The molecular formula is C19H21NO. The molecule has 2 heteroatoms. The summed E-state index contributed by atoms with van der Waals surface area (Å²) in [5, 5.41) is 8.76. The molecule has 0 unspecified atom stereocenters. The van der Waals surface area contributed by atoms with Crippen LogP contribution in [0.3, 0.4) is 0 Å². The van der Waals surface area contributed by atoms with E-state index in [1.807, 2.05) is 12.1 Å². The first-order valence-corrected chi connectivity index (χ1v) is 7.16. The van der Waals surface area contributed by atoms with Gasteiger partial charge in [-0.15, -0.1) is 0 Å². The third kappa shape index (κ3) is 4.37. The topological polar surface area (TPSA) is 23.5 Å². The Morgan fingerprint density at radius 1 is 1.10 bits per heavy atom. The number of aryl methyl sites for hydroxylation is 1. The molecule has 0 aliphatic rings. The van der Waals surface area contributed by atoms with Crippen molar-refractivity contribution < 1.29 is 5.11 Å². The fourth-order valence-electron chi connectivity index (χ4n) is 2.32. The first-order valence-electron chi connectivity index (χ1n) is 7.16. The Morgan fingerprint density at radius 3 is 2.67 bits per heavy atom. The number of hydrogen-bond acceptors (Lipinski definition) is 2. The van der Waals surface area contributed by atoms with Gasteiger partial charge in [-0.2, -0.15) is 0 Å². The predicted molar refractivity (Wildman–Crippen MR) is 88.3 cm³/mol. The van der Waals surface area contributed by atoms with Gasteiger partial charge in [0, 0.05) is 31.3 Å². The Balaban J connectivity index is 2.11. The number of aliphatic hydroxyl groups excluding tert-OH is 1. The summed E-state index contributed by atoms with van der Waals surface area (Å²) >= 11 is 0. The lowest BCUT2D eigenvalue weighted by Gasteiger charge is -2.21. The van der Waals surface area contributed by atoms with Crippen molar-refractivity contribution in [3.63, 3.8) is 0 Å². The van der Waals surface area contributed by atoms with E-state index in [2.05, 4.69) is 67.1 Å². The standard InChI is InChI=1S/C19H21NO/c1-16-8-3-4-12-19(16)20(2)15-18-11-7-10-17(14-18)9-5-6-13-21/h3-4,7-8,10-12,14,21H,6,13,15H2,1-2H3. The van der Waals surface area contributed by atoms with Crippen LogP contribution in [0.5, 0.6) is 0 Å². The highest BCUT2D eigenvalue weighted by Gasteiger charge is 2.04. The van der Waals surface area contributed by atoms with Crippen LogP contribution in [-0.4, -0.2) is 18.8 Å². The van der Waals surface area contributed by atoms with Gasteiger partial charge in [0.15, 0.2) is 0 Å². The summed E-state index contributed by atoms with van der Waals surface area (Å²) < 4.78 is 0. The molecule has 2 nitrogen and oxygen atoms in total. The first kappa shape index (κ1) is 15.2. The van der Waals surface area contributed by atoms with Crippen LogP contribution >= 0.6 is 0 Å². The second kappa shape index (κ2) is 7.52. The van der Waals surface area contributed by atoms with Crippen LogP contribution < -0.4 is 4.90 Å². The summed E-state index contributed by atoms with van der Waals surface area (Å²) in [6.07, 6.45) is 0.521. The van der Waals surface area contributed by atoms with E-state index in [1.54, 1.807) is 0 Å². The smallest absolute Gasteiger partial charge is 0.0540 e. The minimum atomic E-state index is 0.114. The second-order valence-corrected chi connectivity index (χ2v) is 5.12. The van der Waals surface area contributed by atoms with E-state index in [0.717, 1.165) is 12.1 Å². The van der Waals surface area contributed by atoms with Gasteiger partial charge in [-0.3, -0.25) is 0 Å². The normalized spacial score (nSPS) is 9.86. The fraction of sp³-hybridized carbons (Fsp3) is 0.263. The van der Waals surface area contributed by atoms with Gasteiger partial charge in [0.2, 0.25) is 0 Å². The first-order chi connectivity index (χ1) is 10.2. The zero-order valence-corrected chi connectivity index (χ0v) is 12.6. The van der Waals surface area contributed by atoms with Crippen LogP contribution in [0.1, 0.15) is 23.1 Å². The van der Waals surface area contributed by atoms with Crippen molar-refractivity contribution in [3.05, 3.63) is 65.2 Å². The number of rotatable bonds is 4. The molecule has 0 aromatic heterocycles. The Kier molecular flexibility index (Phi) is 5.43. The second-order valence-electron chi connectivity index (χ2n) is 5.12. The molecule has 0 saturated carbocycles. The van der Waals surface area contributed by atoms with Crippen molar-refractivity contribution in [1.29, 1.82) is 0 Å². The molecule has 0 spiro atoms. The lowest BCUT2D eigenvalue weighted by Crippen LogP contribution is -2.17. The molecule has 0 saturated heterocycles. The third-order valence-corrected chi connectivity index (χ3v) is 3.34. The number of benzene rings is 2. The summed E-state index contributed by atoms with van der Waals surface area (Å²) in [7, 11) is 2.10. The van der Waals surface area contributed by atoms with E-state index in [9.17, 15) is 0 Å². The van der Waals surface area contributed by atoms with Crippen molar-refractivity contribution >= 4 is 5.69 Å². The van der Waals surface area contributed by atoms with Crippen LogP contribution in [0.15, 0.2) is 48.5 Å². The summed E-state index contributed by atoms with van der Waals surface area (Å²) in [4.78, 5) is 2.25. The average Bonchev–Trinajstić information content (AvgIpc) is 2.48. The molecule has 0 radical (unpaired) electrons. The number of nitrogens with zero attached hydrogens (tertiary/aromatic N) is 1. The third-order valence-electron chi connectivity index (χ3n) is 3.34. The molecule has 2 aromatic rings. The molecule has 0 bridgehead atoms. The Morgan fingerprint density at radius 2 is 1.90 bits per heavy atom. The van der Waals surface area contributed by atoms with E-state index < -0.39 is 0 Å². The van der Waals surface area contributed by atoms with Gasteiger partial charge >= 0.3 is 0 Å². The summed E-state index contributed by atoms with van der Waals surface area (Å²) in [5.74, 6) is 6.04. The Labute approximate surface area is 127 Å². The number of aliphatic hydroxyl groups is 1. The zero-order chi connectivity index (χ0) is 15.1. The average molecular weight is 279 g/mol. The van der Waals surface area contributed by atoms with Gasteiger partial charge in [-0.05, 0) is 36.2 Å². The molecule has 2 aromatic carbocycles. The van der Waals surface area contributed by atoms with E-state index in [0.29, 0.717) is 6.42 Å². The van der Waals surface area contributed by atoms with Gasteiger partial charge in [0.25, 0.3) is 0 Å². The number of para-hydroxylation sites is 1. The number of anilines is 1. The fourth-order valence-corrected chi connectivity index (χ4v) is 2.32. The van der Waals surface area contributed by atoms with E-state index in [-0.39, 0.29) is 6.61 Å². The lowest BCUT2D eigenvalue weighted by molar-refractivity contribution is 0.305. The molecule has 108 valence electrons. The molecule has 0 aliphatic heterocycles. The molecule has 0 fully saturated rings. The van der Waals surface area contributed by atoms with Crippen molar-refractivity contribution in [3.8, 4) is 11.8 Å². The van der Waals surface area contributed by atoms with Crippen LogP contribution in [0.2, 0.25) is 0 Å². The van der Waals surface area contributed by atoms with Crippen LogP contribution in [0, 0.1) is 18.8 Å². The predicted octanol–water partition coefficient (Wildman–Crippen LogP) is 3.37. The van der Waals surface area contributed by atoms with Gasteiger partial charge < -0.3 is 10.0 Å². The molecular weight excluding hydrogens is 258 g/mol. The maximum atomic E-state index is 8.76. The van der Waals surface area contributed by atoms with Crippen LogP contribution in [-0.2, 0) is 6.54 Å². The van der Waals surface area contributed by atoms with Gasteiger partial charge in [-0.1, -0.05) is 42.2 Å². The van der Waals surface area contributed by atoms with Crippen LogP contribution in [0.4, 0.5) is 5.69 Å². The minimum Gasteiger partial charge on any atom is -0.395 e. The van der Waals surface area contributed by atoms with E-state index in [4.69, 9.17) is 5.11 Å². The molecule has 0 aliphatic carbocycles. The maximum absolute atomic E-state index is 8.76. The molecule has 21 heavy (non-hydrogen) atoms. The maximum Gasteiger partial charge on any atom is 0.0540 e. The highest BCUT2D eigenvalue weighted by atomic mass is 16.2. The van der Waals surface area contributed by atoms with Crippen molar-refractivity contribution in [2.24, 2.45) is 0 Å². The van der Waals surface area contributed by atoms with E-state index >= 15 is 0 Å².